The van der Waals surface area contributed by atoms with Gasteiger partial charge in [0.1, 0.15) is 5.82 Å². The summed E-state index contributed by atoms with van der Waals surface area (Å²) in [6.07, 6.45) is 7.61. The number of carbonyl (C=O) groups excluding carboxylic acids is 1. The van der Waals surface area contributed by atoms with E-state index in [0.717, 1.165) is 38.0 Å². The van der Waals surface area contributed by atoms with Gasteiger partial charge in [-0.1, -0.05) is 0 Å². The van der Waals surface area contributed by atoms with Gasteiger partial charge in [0.05, 0.1) is 30.0 Å². The van der Waals surface area contributed by atoms with Crippen LogP contribution < -0.4 is 10.2 Å². The van der Waals surface area contributed by atoms with Gasteiger partial charge in [-0.2, -0.15) is 0 Å². The fourth-order valence-corrected chi connectivity index (χ4v) is 4.42. The Morgan fingerprint density at radius 3 is 2.60 bits per heavy atom. The van der Waals surface area contributed by atoms with Gasteiger partial charge in [-0.05, 0) is 58.3 Å². The van der Waals surface area contributed by atoms with E-state index in [1.165, 1.54) is 12.8 Å². The van der Waals surface area contributed by atoms with Gasteiger partial charge >= 0.3 is 0 Å². The number of nitrogens with one attached hydrogen (secondary N) is 1. The number of amides is 1. The molecule has 3 saturated heterocycles. The molecule has 0 aromatic carbocycles. The molecular weight excluding hydrogens is 316 g/mol. The summed E-state index contributed by atoms with van der Waals surface area (Å²) in [6.45, 7) is 2.11. The minimum absolute atomic E-state index is 0.00899. The van der Waals surface area contributed by atoms with Gasteiger partial charge in [0, 0.05) is 19.1 Å². The molecular formula is C19H28N4O2. The Kier molecular flexibility index (Phi) is 4.65. The second-order valence-electron chi connectivity index (χ2n) is 7.79. The molecule has 0 unspecified atom stereocenters. The zero-order chi connectivity index (χ0) is 17.4. The Balaban J connectivity index is 1.32. The predicted octanol–water partition coefficient (Wildman–Crippen LogP) is 2.12. The Hall–Kier alpha value is -1.66. The predicted molar refractivity (Wildman–Crippen MR) is 97.8 cm³/mol. The minimum Gasteiger partial charge on any atom is -0.374 e. The maximum absolute atomic E-state index is 12.4. The molecule has 4 heterocycles. The highest BCUT2D eigenvalue weighted by atomic mass is 16.5. The van der Waals surface area contributed by atoms with Crippen molar-refractivity contribution in [2.75, 3.05) is 37.4 Å². The number of hydrogen-bond acceptors (Lipinski definition) is 5. The molecule has 1 amide bonds. The molecule has 3 aliphatic rings. The highest BCUT2D eigenvalue weighted by molar-refractivity contribution is 5.92. The monoisotopic (exact) mass is 344 g/mol. The van der Waals surface area contributed by atoms with E-state index in [-0.39, 0.29) is 17.9 Å². The SMILES string of the molecule is CN(C)C1CCN(c2ccc(NC(=O)[C@@H]3C[C@H]4CC[C@@H]3O4)nc2)CC1. The molecule has 3 fully saturated rings. The number of hydrogen-bond donors (Lipinski definition) is 1. The summed E-state index contributed by atoms with van der Waals surface area (Å²) < 4.78 is 5.78. The molecule has 1 aromatic heterocycles. The van der Waals surface area contributed by atoms with Crippen LogP contribution in [0.4, 0.5) is 11.5 Å². The Bertz CT molecular complexity index is 610. The number of carbonyl (C=O) groups is 1. The van der Waals surface area contributed by atoms with Gasteiger partial charge in [-0.25, -0.2) is 4.98 Å². The molecule has 1 aromatic rings. The number of nitrogens with zero attached hydrogens (tertiary/aromatic N) is 3. The van der Waals surface area contributed by atoms with E-state index in [4.69, 9.17) is 4.74 Å². The number of ether oxygens (including phenoxy) is 1. The van der Waals surface area contributed by atoms with Crippen molar-refractivity contribution in [2.24, 2.45) is 5.92 Å². The van der Waals surface area contributed by atoms with Crippen LogP contribution >= 0.6 is 0 Å². The maximum atomic E-state index is 12.4. The van der Waals surface area contributed by atoms with Gasteiger partial charge < -0.3 is 19.9 Å². The molecule has 6 heteroatoms. The van der Waals surface area contributed by atoms with Gasteiger partial charge in [0.2, 0.25) is 5.91 Å². The topological polar surface area (TPSA) is 57.7 Å². The van der Waals surface area contributed by atoms with Crippen molar-refractivity contribution >= 4 is 17.4 Å². The van der Waals surface area contributed by atoms with Crippen LogP contribution in [0.25, 0.3) is 0 Å². The lowest BCUT2D eigenvalue weighted by molar-refractivity contribution is -0.121. The summed E-state index contributed by atoms with van der Waals surface area (Å²) in [5, 5.41) is 2.97. The molecule has 1 N–H and O–H groups in total. The quantitative estimate of drug-likeness (QED) is 0.907. The van der Waals surface area contributed by atoms with Crippen molar-refractivity contribution in [3.8, 4) is 0 Å². The van der Waals surface area contributed by atoms with Crippen LogP contribution in [0, 0.1) is 5.92 Å². The molecule has 136 valence electrons. The number of anilines is 2. The van der Waals surface area contributed by atoms with Crippen molar-refractivity contribution < 1.29 is 9.53 Å². The van der Waals surface area contributed by atoms with E-state index in [0.29, 0.717) is 18.0 Å². The van der Waals surface area contributed by atoms with Crippen LogP contribution in [-0.2, 0) is 9.53 Å². The van der Waals surface area contributed by atoms with Crippen molar-refractivity contribution in [3.05, 3.63) is 18.3 Å². The fourth-order valence-electron chi connectivity index (χ4n) is 4.42. The third-order valence-corrected chi connectivity index (χ3v) is 6.00. The Labute approximate surface area is 149 Å². The van der Waals surface area contributed by atoms with Crippen LogP contribution in [0.2, 0.25) is 0 Å². The second kappa shape index (κ2) is 6.92. The Morgan fingerprint density at radius 1 is 1.24 bits per heavy atom. The summed E-state index contributed by atoms with van der Waals surface area (Å²) in [6, 6.07) is 4.65. The highest BCUT2D eigenvalue weighted by Crippen LogP contribution is 2.39. The molecule has 25 heavy (non-hydrogen) atoms. The summed E-state index contributed by atoms with van der Waals surface area (Å²) in [4.78, 5) is 21.6. The van der Waals surface area contributed by atoms with Crippen LogP contribution in [0.5, 0.6) is 0 Å². The largest absolute Gasteiger partial charge is 0.374 e. The van der Waals surface area contributed by atoms with E-state index < -0.39 is 0 Å². The lowest BCUT2D eigenvalue weighted by Gasteiger charge is -2.36. The average Bonchev–Trinajstić information content (AvgIpc) is 3.26. The van der Waals surface area contributed by atoms with E-state index in [1.54, 1.807) is 0 Å². The molecule has 0 aliphatic carbocycles. The summed E-state index contributed by atoms with van der Waals surface area (Å²) in [7, 11) is 4.31. The highest BCUT2D eigenvalue weighted by Gasteiger charge is 2.44. The molecule has 0 spiro atoms. The number of rotatable bonds is 4. The zero-order valence-electron chi connectivity index (χ0n) is 15.1. The van der Waals surface area contributed by atoms with Gasteiger partial charge in [-0.3, -0.25) is 4.79 Å². The first-order chi connectivity index (χ1) is 12.1. The molecule has 3 aliphatic heterocycles. The molecule has 0 radical (unpaired) electrons. The Morgan fingerprint density at radius 2 is 2.04 bits per heavy atom. The van der Waals surface area contributed by atoms with E-state index in [2.05, 4.69) is 40.3 Å². The van der Waals surface area contributed by atoms with Gasteiger partial charge in [0.15, 0.2) is 0 Å². The number of aromatic nitrogens is 1. The van der Waals surface area contributed by atoms with Crippen molar-refractivity contribution in [3.63, 3.8) is 0 Å². The summed E-state index contributed by atoms with van der Waals surface area (Å²) >= 11 is 0. The maximum Gasteiger partial charge on any atom is 0.231 e. The van der Waals surface area contributed by atoms with Crippen LogP contribution in [0.15, 0.2) is 18.3 Å². The lowest BCUT2D eigenvalue weighted by Crippen LogP contribution is -2.42. The first kappa shape index (κ1) is 16.8. The van der Waals surface area contributed by atoms with E-state index >= 15 is 0 Å². The van der Waals surface area contributed by atoms with Crippen LogP contribution in [-0.4, -0.2) is 61.2 Å². The van der Waals surface area contributed by atoms with Crippen LogP contribution in [0.3, 0.4) is 0 Å². The van der Waals surface area contributed by atoms with E-state index in [9.17, 15) is 4.79 Å². The number of pyridine rings is 1. The first-order valence-corrected chi connectivity index (χ1v) is 9.44. The molecule has 2 bridgehead atoms. The van der Waals surface area contributed by atoms with Crippen LogP contribution in [0.1, 0.15) is 32.1 Å². The van der Waals surface area contributed by atoms with Crippen molar-refractivity contribution in [1.29, 1.82) is 0 Å². The lowest BCUT2D eigenvalue weighted by atomic mass is 9.88. The second-order valence-corrected chi connectivity index (χ2v) is 7.79. The summed E-state index contributed by atoms with van der Waals surface area (Å²) in [5.41, 5.74) is 1.14. The molecule has 4 rings (SSSR count). The molecule has 0 saturated carbocycles. The number of fused-ring (bicyclic) bond motifs is 2. The number of piperidine rings is 1. The summed E-state index contributed by atoms with van der Waals surface area (Å²) in [5.74, 6) is 0.684. The fraction of sp³-hybridized carbons (Fsp3) is 0.684. The van der Waals surface area contributed by atoms with Crippen molar-refractivity contribution in [2.45, 2.75) is 50.4 Å². The van der Waals surface area contributed by atoms with Crippen molar-refractivity contribution in [1.82, 2.24) is 9.88 Å². The third kappa shape index (κ3) is 3.51. The average molecular weight is 344 g/mol. The third-order valence-electron chi connectivity index (χ3n) is 6.00. The zero-order valence-corrected chi connectivity index (χ0v) is 15.1. The van der Waals surface area contributed by atoms with Gasteiger partial charge in [0.25, 0.3) is 0 Å². The molecule has 3 atom stereocenters. The standard InChI is InChI=1S/C19H28N4O2/c1-22(2)13-7-9-23(10-8-13)14-3-6-18(20-12-14)21-19(24)16-11-15-4-5-17(16)25-15/h3,6,12-13,15-17H,4-5,7-11H2,1-2H3,(H,20,21,24)/t15-,16-,17+/m1/s1. The minimum atomic E-state index is -0.00899. The molecule has 6 nitrogen and oxygen atoms in total. The van der Waals surface area contributed by atoms with Gasteiger partial charge in [-0.15, -0.1) is 0 Å². The van der Waals surface area contributed by atoms with E-state index in [1.807, 2.05) is 12.3 Å². The first-order valence-electron chi connectivity index (χ1n) is 9.44. The normalized spacial score (nSPS) is 29.4. The smallest absolute Gasteiger partial charge is 0.231 e.